The van der Waals surface area contributed by atoms with Crippen molar-refractivity contribution in [2.75, 3.05) is 0 Å². The van der Waals surface area contributed by atoms with Crippen molar-refractivity contribution in [3.8, 4) is 0 Å². The largest absolute Gasteiger partial charge is 0.292 e. The summed E-state index contributed by atoms with van der Waals surface area (Å²) in [7, 11) is 0. The number of hydrogen-bond donors (Lipinski definition) is 0. The van der Waals surface area contributed by atoms with Crippen LogP contribution in [0.4, 0.5) is 0 Å². The van der Waals surface area contributed by atoms with Crippen LogP contribution in [0.2, 0.25) is 0 Å². The topological polar surface area (TPSA) is 34.1 Å². The summed E-state index contributed by atoms with van der Waals surface area (Å²) in [6.45, 7) is 2.13. The van der Waals surface area contributed by atoms with E-state index in [1.54, 1.807) is 12.1 Å². The lowest BCUT2D eigenvalue weighted by atomic mass is 9.75. The number of allylic oxidation sites excluding steroid dienone is 2. The fourth-order valence-corrected chi connectivity index (χ4v) is 3.20. The van der Waals surface area contributed by atoms with Crippen LogP contribution in [0.5, 0.6) is 0 Å². The smallest absolute Gasteiger partial charge is 0.185 e. The van der Waals surface area contributed by atoms with Gasteiger partial charge in [-0.25, -0.2) is 0 Å². The van der Waals surface area contributed by atoms with Gasteiger partial charge in [-0.15, -0.1) is 0 Å². The molecular weight excluding hydrogens is 284 g/mol. The van der Waals surface area contributed by atoms with E-state index in [0.717, 1.165) is 24.8 Å². The SMILES string of the molecule is CCCC/C=C/C1(c2ccccc2)C(=O)c2ccccc2C1=O. The Morgan fingerprint density at radius 3 is 2.00 bits per heavy atom. The molecule has 0 saturated carbocycles. The third-order valence-electron chi connectivity index (χ3n) is 4.45. The van der Waals surface area contributed by atoms with Crippen LogP contribution in [0.15, 0.2) is 66.7 Å². The maximum absolute atomic E-state index is 13.1. The van der Waals surface area contributed by atoms with Crippen molar-refractivity contribution in [1.29, 1.82) is 0 Å². The highest BCUT2D eigenvalue weighted by Gasteiger charge is 2.52. The first-order valence-electron chi connectivity index (χ1n) is 8.13. The van der Waals surface area contributed by atoms with E-state index in [-0.39, 0.29) is 11.6 Å². The highest BCUT2D eigenvalue weighted by atomic mass is 16.2. The van der Waals surface area contributed by atoms with Gasteiger partial charge in [0.1, 0.15) is 5.41 Å². The van der Waals surface area contributed by atoms with Crippen molar-refractivity contribution in [2.45, 2.75) is 31.6 Å². The van der Waals surface area contributed by atoms with Crippen LogP contribution in [-0.4, -0.2) is 11.6 Å². The van der Waals surface area contributed by atoms with Crippen molar-refractivity contribution in [1.82, 2.24) is 0 Å². The van der Waals surface area contributed by atoms with Crippen molar-refractivity contribution in [3.63, 3.8) is 0 Å². The Bertz CT molecular complexity index is 721. The molecular formula is C21H20O2. The first-order valence-corrected chi connectivity index (χ1v) is 8.13. The van der Waals surface area contributed by atoms with E-state index >= 15 is 0 Å². The maximum Gasteiger partial charge on any atom is 0.185 e. The minimum Gasteiger partial charge on any atom is -0.292 e. The van der Waals surface area contributed by atoms with Crippen molar-refractivity contribution < 1.29 is 9.59 Å². The minimum atomic E-state index is -1.20. The molecule has 1 aliphatic carbocycles. The number of Topliss-reactive ketones (excluding diaryl/α,β-unsaturated/α-hetero) is 2. The van der Waals surface area contributed by atoms with Gasteiger partial charge in [-0.05, 0) is 12.0 Å². The second-order valence-corrected chi connectivity index (χ2v) is 5.92. The summed E-state index contributed by atoms with van der Waals surface area (Å²) in [5.41, 5.74) is 0.612. The fraction of sp³-hybridized carbons (Fsp3) is 0.238. The first kappa shape index (κ1) is 15.4. The molecule has 1 aliphatic rings. The van der Waals surface area contributed by atoms with E-state index in [0.29, 0.717) is 11.1 Å². The Morgan fingerprint density at radius 1 is 0.870 bits per heavy atom. The molecule has 0 spiro atoms. The molecule has 0 heterocycles. The molecule has 116 valence electrons. The molecule has 0 amide bonds. The Morgan fingerprint density at radius 2 is 1.43 bits per heavy atom. The van der Waals surface area contributed by atoms with Gasteiger partial charge in [-0.1, -0.05) is 86.5 Å². The molecule has 23 heavy (non-hydrogen) atoms. The van der Waals surface area contributed by atoms with E-state index in [2.05, 4.69) is 6.92 Å². The van der Waals surface area contributed by atoms with E-state index in [1.807, 2.05) is 54.6 Å². The fourth-order valence-electron chi connectivity index (χ4n) is 3.20. The lowest BCUT2D eigenvalue weighted by Crippen LogP contribution is -2.36. The summed E-state index contributed by atoms with van der Waals surface area (Å²) in [4.78, 5) is 26.2. The molecule has 0 bridgehead atoms. The second kappa shape index (κ2) is 6.33. The highest BCUT2D eigenvalue weighted by Crippen LogP contribution is 2.41. The van der Waals surface area contributed by atoms with Gasteiger partial charge in [0.25, 0.3) is 0 Å². The van der Waals surface area contributed by atoms with E-state index < -0.39 is 5.41 Å². The van der Waals surface area contributed by atoms with Crippen LogP contribution in [0.3, 0.4) is 0 Å². The molecule has 2 aromatic rings. The van der Waals surface area contributed by atoms with Gasteiger partial charge >= 0.3 is 0 Å². The Balaban J connectivity index is 2.13. The Labute approximate surface area is 136 Å². The number of carbonyl (C=O) groups excluding carboxylic acids is 2. The number of unbranched alkanes of at least 4 members (excludes halogenated alkanes) is 2. The predicted octanol–water partition coefficient (Wildman–Crippen LogP) is 4.75. The maximum atomic E-state index is 13.1. The summed E-state index contributed by atoms with van der Waals surface area (Å²) in [6.07, 6.45) is 6.82. The van der Waals surface area contributed by atoms with Crippen molar-refractivity contribution in [3.05, 3.63) is 83.4 Å². The first-order chi connectivity index (χ1) is 11.2. The van der Waals surface area contributed by atoms with E-state index in [1.165, 1.54) is 0 Å². The van der Waals surface area contributed by atoms with Crippen LogP contribution in [0, 0.1) is 0 Å². The van der Waals surface area contributed by atoms with E-state index in [4.69, 9.17) is 0 Å². The highest BCUT2D eigenvalue weighted by molar-refractivity contribution is 6.34. The van der Waals surface area contributed by atoms with Crippen LogP contribution in [-0.2, 0) is 5.41 Å². The van der Waals surface area contributed by atoms with Crippen LogP contribution in [0.25, 0.3) is 0 Å². The minimum absolute atomic E-state index is 0.114. The van der Waals surface area contributed by atoms with Gasteiger partial charge in [-0.3, -0.25) is 9.59 Å². The Kier molecular flexibility index (Phi) is 4.24. The van der Waals surface area contributed by atoms with Crippen LogP contribution in [0.1, 0.15) is 52.5 Å². The Hall–Kier alpha value is -2.48. The summed E-state index contributed by atoms with van der Waals surface area (Å²) < 4.78 is 0. The quantitative estimate of drug-likeness (QED) is 0.454. The average molecular weight is 304 g/mol. The normalized spacial score (nSPS) is 16.0. The summed E-state index contributed by atoms with van der Waals surface area (Å²) in [6, 6.07) is 16.5. The zero-order valence-electron chi connectivity index (χ0n) is 13.3. The summed E-state index contributed by atoms with van der Waals surface area (Å²) in [5, 5.41) is 0. The molecule has 0 radical (unpaired) electrons. The molecule has 2 nitrogen and oxygen atoms in total. The number of carbonyl (C=O) groups is 2. The van der Waals surface area contributed by atoms with Crippen molar-refractivity contribution in [2.24, 2.45) is 0 Å². The molecule has 3 rings (SSSR count). The summed E-state index contributed by atoms with van der Waals surface area (Å²) >= 11 is 0. The molecule has 0 aliphatic heterocycles. The van der Waals surface area contributed by atoms with Crippen LogP contribution >= 0.6 is 0 Å². The zero-order valence-corrected chi connectivity index (χ0v) is 13.3. The number of ketones is 2. The van der Waals surface area contributed by atoms with Gasteiger partial charge in [0.15, 0.2) is 11.6 Å². The van der Waals surface area contributed by atoms with Crippen LogP contribution < -0.4 is 0 Å². The lowest BCUT2D eigenvalue weighted by molar-refractivity contribution is 0.0835. The number of rotatable bonds is 5. The van der Waals surface area contributed by atoms with Gasteiger partial charge in [0.2, 0.25) is 0 Å². The second-order valence-electron chi connectivity index (χ2n) is 5.92. The lowest BCUT2D eigenvalue weighted by Gasteiger charge is -2.22. The third kappa shape index (κ3) is 2.44. The van der Waals surface area contributed by atoms with Gasteiger partial charge < -0.3 is 0 Å². The zero-order chi connectivity index (χ0) is 16.3. The third-order valence-corrected chi connectivity index (χ3v) is 4.45. The molecule has 0 fully saturated rings. The molecule has 0 atom stereocenters. The average Bonchev–Trinajstić information content (AvgIpc) is 2.82. The monoisotopic (exact) mass is 304 g/mol. The number of benzene rings is 2. The molecule has 2 heteroatoms. The molecule has 0 aromatic heterocycles. The summed E-state index contributed by atoms with van der Waals surface area (Å²) in [5.74, 6) is -0.228. The van der Waals surface area contributed by atoms with E-state index in [9.17, 15) is 9.59 Å². The van der Waals surface area contributed by atoms with Crippen molar-refractivity contribution >= 4 is 11.6 Å². The molecule has 2 aromatic carbocycles. The molecule has 0 unspecified atom stereocenters. The standard InChI is InChI=1S/C21H20O2/c1-2-3-4-10-15-21(16-11-6-5-7-12-16)19(22)17-13-8-9-14-18(17)20(21)23/h5-15H,2-4H2,1H3/b15-10+. The van der Waals surface area contributed by atoms with Gasteiger partial charge in [-0.2, -0.15) is 0 Å². The molecule has 0 saturated heterocycles. The molecule has 0 N–H and O–H groups in total. The predicted molar refractivity (Wildman–Crippen MR) is 91.9 cm³/mol. The number of fused-ring (bicyclic) bond motifs is 1. The van der Waals surface area contributed by atoms with Gasteiger partial charge in [0, 0.05) is 11.1 Å². The van der Waals surface area contributed by atoms with Gasteiger partial charge in [0.05, 0.1) is 0 Å². The number of hydrogen-bond acceptors (Lipinski definition) is 2.